The Morgan fingerprint density at radius 3 is 2.28 bits per heavy atom. The zero-order chi connectivity index (χ0) is 60.1. The molecule has 1 unspecified atom stereocenters. The van der Waals surface area contributed by atoms with E-state index in [9.17, 15) is 48.6 Å². The van der Waals surface area contributed by atoms with Crippen LogP contribution < -0.4 is 40.0 Å². The molecule has 85 heavy (non-hydrogen) atoms. The number of nitrogens with one attached hydrogen (secondary N) is 3. The molecule has 0 saturated heterocycles. The number of hydrogen-bond acceptors (Lipinski definition) is 14. The van der Waals surface area contributed by atoms with Crippen LogP contribution in [0.15, 0.2) is 103 Å². The summed E-state index contributed by atoms with van der Waals surface area (Å²) in [6.45, 7) is 5.68. The number of methoxy groups -OCH3 is 2. The van der Waals surface area contributed by atoms with Crippen LogP contribution in [-0.4, -0.2) is 126 Å². The van der Waals surface area contributed by atoms with Gasteiger partial charge in [0.15, 0.2) is 17.7 Å². The summed E-state index contributed by atoms with van der Waals surface area (Å²) in [5.41, 5.74) is 3.80. The summed E-state index contributed by atoms with van der Waals surface area (Å²) in [5.74, 6) is -1.91. The number of nitrogens with zero attached hydrogens (tertiary/aromatic N) is 4. The van der Waals surface area contributed by atoms with E-state index in [1.54, 1.807) is 68.5 Å². The number of benzene rings is 5. The number of carbonyl (C=O) groups excluding carboxylic acids is 8. The number of ether oxygens (including phenoxy) is 4. The number of fused-ring (bicyclic) bond motifs is 5. The van der Waals surface area contributed by atoms with Crippen molar-refractivity contribution in [2.24, 2.45) is 16.7 Å². The van der Waals surface area contributed by atoms with Crippen molar-refractivity contribution in [3.8, 4) is 23.0 Å². The molecule has 4 heterocycles. The van der Waals surface area contributed by atoms with Crippen LogP contribution in [-0.2, 0) is 46.5 Å². The summed E-state index contributed by atoms with van der Waals surface area (Å²) in [6, 6.07) is 22.6. The van der Waals surface area contributed by atoms with Crippen molar-refractivity contribution in [1.29, 1.82) is 0 Å². The first-order valence-electron chi connectivity index (χ1n) is 28.6. The molecule has 21 heteroatoms. The summed E-state index contributed by atoms with van der Waals surface area (Å²) in [5, 5.41) is 33.6. The molecule has 4 aliphatic heterocycles. The zero-order valence-electron chi connectivity index (χ0n) is 47.9. The first-order chi connectivity index (χ1) is 40.8. The molecule has 2 saturated carbocycles. The molecule has 21 nitrogen and oxygen atoms in total. The molecular formula is C64H67N7O14. The van der Waals surface area contributed by atoms with E-state index in [4.69, 9.17) is 18.9 Å². The molecule has 6 aliphatic rings. The van der Waals surface area contributed by atoms with Gasteiger partial charge in [-0.25, -0.2) is 9.69 Å². The predicted molar refractivity (Wildman–Crippen MR) is 312 cm³/mol. The van der Waals surface area contributed by atoms with Crippen LogP contribution in [0, 0.1) is 23.7 Å². The number of phenols is 1. The van der Waals surface area contributed by atoms with Crippen molar-refractivity contribution in [2.45, 2.75) is 97.1 Å². The molecule has 2 fully saturated rings. The molecule has 0 radical (unpaired) electrons. The summed E-state index contributed by atoms with van der Waals surface area (Å²) in [4.78, 5) is 112. The van der Waals surface area contributed by atoms with Crippen LogP contribution >= 0.6 is 0 Å². The third kappa shape index (κ3) is 11.0. The van der Waals surface area contributed by atoms with Gasteiger partial charge in [-0.3, -0.25) is 38.5 Å². The van der Waals surface area contributed by atoms with Crippen molar-refractivity contribution < 1.29 is 67.5 Å². The molecular weight excluding hydrogens is 1090 g/mol. The van der Waals surface area contributed by atoms with Gasteiger partial charge in [-0.2, -0.15) is 0 Å². The lowest BCUT2D eigenvalue weighted by molar-refractivity contribution is -0.137. The Kier molecular flexibility index (Phi) is 15.6. The van der Waals surface area contributed by atoms with Crippen LogP contribution in [0.4, 0.5) is 21.9 Å². The van der Waals surface area contributed by atoms with Crippen LogP contribution in [0.1, 0.15) is 91.4 Å². The zero-order valence-corrected chi connectivity index (χ0v) is 47.9. The van der Waals surface area contributed by atoms with Gasteiger partial charge in [-0.1, -0.05) is 62.7 Å². The molecule has 11 rings (SSSR count). The fourth-order valence-electron chi connectivity index (χ4n) is 12.2. The highest BCUT2D eigenvalue weighted by atomic mass is 16.6. The number of carbonyl (C=O) groups is 8. The normalized spacial score (nSPS) is 20.9. The highest BCUT2D eigenvalue weighted by Gasteiger charge is 2.88. The van der Waals surface area contributed by atoms with E-state index in [-0.39, 0.29) is 90.6 Å². The lowest BCUT2D eigenvalue weighted by Gasteiger charge is -2.31. The second kappa shape index (κ2) is 23.1. The third-order valence-corrected chi connectivity index (χ3v) is 17.3. The minimum Gasteiger partial charge on any atom is -0.505 e. The van der Waals surface area contributed by atoms with E-state index in [2.05, 4.69) is 22.0 Å². The van der Waals surface area contributed by atoms with E-state index >= 15 is 0 Å². The Morgan fingerprint density at radius 2 is 1.58 bits per heavy atom. The molecule has 0 aromatic heterocycles. The molecule has 8 amide bonds. The van der Waals surface area contributed by atoms with Crippen molar-refractivity contribution in [3.63, 3.8) is 0 Å². The average molecular weight is 1160 g/mol. The van der Waals surface area contributed by atoms with Gasteiger partial charge in [0.2, 0.25) is 23.6 Å². The number of aromatic hydroxyl groups is 1. The van der Waals surface area contributed by atoms with Gasteiger partial charge < -0.3 is 54.9 Å². The minimum absolute atomic E-state index is 0.00946. The van der Waals surface area contributed by atoms with Gasteiger partial charge in [-0.15, -0.1) is 0 Å². The van der Waals surface area contributed by atoms with Crippen LogP contribution in [0.5, 0.6) is 23.0 Å². The number of anilines is 3. The Balaban J connectivity index is 0.740. The van der Waals surface area contributed by atoms with E-state index < -0.39 is 59.5 Å². The lowest BCUT2D eigenvalue weighted by atomic mass is 10.00. The Morgan fingerprint density at radius 1 is 0.835 bits per heavy atom. The van der Waals surface area contributed by atoms with Crippen LogP contribution in [0.3, 0.4) is 0 Å². The number of rotatable bonds is 21. The molecule has 3 atom stereocenters. The fraction of sp³-hybridized carbons (Fsp3) is 0.375. The second-order valence-electron chi connectivity index (χ2n) is 23.1. The van der Waals surface area contributed by atoms with Crippen LogP contribution in [0.2, 0.25) is 0 Å². The van der Waals surface area contributed by atoms with E-state index in [0.717, 1.165) is 37.4 Å². The fourth-order valence-corrected chi connectivity index (χ4v) is 12.2. The van der Waals surface area contributed by atoms with E-state index in [1.807, 2.05) is 37.3 Å². The Hall–Kier alpha value is -9.24. The summed E-state index contributed by atoms with van der Waals surface area (Å²) in [7, 11) is 2.99. The number of aliphatic hydroxyl groups is 1. The monoisotopic (exact) mass is 1160 g/mol. The minimum atomic E-state index is -1.63. The number of aryl methyl sites for hydroxylation is 1. The summed E-state index contributed by atoms with van der Waals surface area (Å²) in [6.07, 6.45) is 5.20. The first-order valence-corrected chi connectivity index (χ1v) is 28.6. The van der Waals surface area contributed by atoms with Gasteiger partial charge in [0.05, 0.1) is 55.8 Å². The van der Waals surface area contributed by atoms with Gasteiger partial charge in [0.1, 0.15) is 24.1 Å². The SMILES string of the molecule is COc1ccc(C2=CN3C(=O)c4cc(OC)c(OCC56CC5(C(=O)N5CCc7cc8c(C)cccc8c(O)c75)C6)cc4N(C(=O)OCc4ccc(NC(=O)CNC(=O)[C@@H](NC(=O)CCCCCN5C(=O)C=CC5=O)C(C)C)cc4)[C@@H](O)C3C2)cc1. The summed E-state index contributed by atoms with van der Waals surface area (Å²) < 4.78 is 23.6. The maximum Gasteiger partial charge on any atom is 0.416 e. The van der Waals surface area contributed by atoms with Crippen molar-refractivity contribution >= 4 is 80.9 Å². The number of hydrogen-bond donors (Lipinski definition) is 5. The molecule has 442 valence electrons. The molecule has 0 spiro atoms. The second-order valence-corrected chi connectivity index (χ2v) is 23.1. The maximum atomic E-state index is 14.7. The number of aliphatic hydroxyl groups excluding tert-OH is 1. The van der Waals surface area contributed by atoms with Gasteiger partial charge >= 0.3 is 6.09 Å². The highest BCUT2D eigenvalue weighted by molar-refractivity contribution is 6.13. The van der Waals surface area contributed by atoms with Crippen molar-refractivity contribution in [3.05, 3.63) is 131 Å². The largest absolute Gasteiger partial charge is 0.505 e. The topological polar surface area (TPSA) is 263 Å². The number of imide groups is 1. The molecule has 0 bridgehead atoms. The van der Waals surface area contributed by atoms with Crippen molar-refractivity contribution in [1.82, 2.24) is 20.4 Å². The number of unbranched alkanes of at least 4 members (excludes halogenated alkanes) is 2. The van der Waals surface area contributed by atoms with Gasteiger partial charge in [-0.05, 0) is 121 Å². The third-order valence-electron chi connectivity index (χ3n) is 17.3. The van der Waals surface area contributed by atoms with E-state index in [1.165, 1.54) is 36.3 Å². The molecule has 2 aliphatic carbocycles. The highest BCUT2D eigenvalue weighted by Crippen LogP contribution is 2.86. The first kappa shape index (κ1) is 57.6. The van der Waals surface area contributed by atoms with Crippen molar-refractivity contribution in [2.75, 3.05) is 55.6 Å². The smallest absolute Gasteiger partial charge is 0.416 e. The quantitative estimate of drug-likeness (QED) is 0.0365. The molecule has 5 aromatic rings. The Bertz CT molecular complexity index is 3610. The number of phenolic OH excluding ortho intramolecular Hbond substituents is 1. The average Bonchev–Trinajstić information content (AvgIpc) is 1.47. The van der Waals surface area contributed by atoms with Gasteiger partial charge in [0.25, 0.3) is 17.7 Å². The molecule has 5 aromatic carbocycles. The van der Waals surface area contributed by atoms with E-state index in [0.29, 0.717) is 73.1 Å². The van der Waals surface area contributed by atoms with Gasteiger partial charge in [0, 0.05) is 60.4 Å². The predicted octanol–water partition coefficient (Wildman–Crippen LogP) is 7.03. The maximum absolute atomic E-state index is 14.7. The van der Waals surface area contributed by atoms with Crippen LogP contribution in [0.25, 0.3) is 16.3 Å². The molecule has 5 N–H and O–H groups in total. The number of amides is 8. The standard InChI is InChI=1S/C64H67N7O14/c1-36(2)55(67-51(72)12-7-6-8-24-68-53(74)21-22-54(68)75)58(77)65-30-52(73)66-42-17-13-38(14-18-42)32-84-62(81)71-47-29-50(49(83-5)28-46(47)59(78)70-31-41(27-48(70)60(71)79)39-15-19-43(82-4)20-16-39)85-35-63-33-64(63,34-63)61(80)69-25-23-40-26-45-37(3)10-9-11-44(45)57(76)56(40)69/h9-11,13-22,26,28-29,31,36,48,55,60,76,79H,6-8,12,23-25,27,30,32-35H2,1-5H3,(H,65,77)(H,66,73)(H,67,72)/t48?,55-,60-,63?,64?/m0/s1. The lowest BCUT2D eigenvalue weighted by Crippen LogP contribution is -2.51. The Labute approximate surface area is 490 Å². The summed E-state index contributed by atoms with van der Waals surface area (Å²) >= 11 is 0.